The highest BCUT2D eigenvalue weighted by atomic mass is 16.7. The first-order valence-electron chi connectivity index (χ1n) is 4.72. The molecule has 0 aromatic carbocycles. The molecule has 0 saturated heterocycles. The van der Waals surface area contributed by atoms with Crippen molar-refractivity contribution < 1.29 is 9.47 Å². The lowest BCUT2D eigenvalue weighted by atomic mass is 9.98. The lowest BCUT2D eigenvalue weighted by molar-refractivity contribution is -0.114. The van der Waals surface area contributed by atoms with Gasteiger partial charge in [-0.25, -0.2) is 0 Å². The summed E-state index contributed by atoms with van der Waals surface area (Å²) in [5, 5.41) is 12.2. The maximum atomic E-state index is 9.05. The topological polar surface area (TPSA) is 54.3 Å². The molecule has 0 radical (unpaired) electrons. The number of hydrogen-bond donors (Lipinski definition) is 1. The molecular formula is C10H20N2O2. The molecule has 14 heavy (non-hydrogen) atoms. The zero-order valence-electron chi connectivity index (χ0n) is 9.63. The van der Waals surface area contributed by atoms with E-state index < -0.39 is 5.54 Å². The van der Waals surface area contributed by atoms with Gasteiger partial charge in [-0.3, -0.25) is 5.32 Å². The van der Waals surface area contributed by atoms with E-state index in [1.165, 1.54) is 0 Å². The highest BCUT2D eigenvalue weighted by Gasteiger charge is 2.28. The van der Waals surface area contributed by atoms with Crippen LogP contribution in [0.4, 0.5) is 0 Å². The molecule has 4 heteroatoms. The van der Waals surface area contributed by atoms with Crippen molar-refractivity contribution >= 4 is 0 Å². The molecule has 1 unspecified atom stereocenters. The highest BCUT2D eigenvalue weighted by molar-refractivity contribution is 5.04. The van der Waals surface area contributed by atoms with E-state index in [1.807, 2.05) is 20.8 Å². The van der Waals surface area contributed by atoms with Gasteiger partial charge in [0.25, 0.3) is 0 Å². The Morgan fingerprint density at radius 3 is 2.14 bits per heavy atom. The Bertz CT molecular complexity index is 197. The standard InChI is InChI=1S/C10H20N2O2/c1-8(2)12-10(3,7-11)6-9(13-4)14-5/h8-9,12H,6H2,1-5H3. The van der Waals surface area contributed by atoms with E-state index in [-0.39, 0.29) is 12.3 Å². The molecule has 82 valence electrons. The minimum absolute atomic E-state index is 0.258. The minimum Gasteiger partial charge on any atom is -0.356 e. The second-order valence-corrected chi connectivity index (χ2v) is 3.85. The maximum absolute atomic E-state index is 9.05. The Morgan fingerprint density at radius 1 is 1.36 bits per heavy atom. The fraction of sp³-hybridized carbons (Fsp3) is 0.900. The summed E-state index contributed by atoms with van der Waals surface area (Å²) in [4.78, 5) is 0. The Labute approximate surface area is 86.2 Å². The van der Waals surface area contributed by atoms with Crippen LogP contribution >= 0.6 is 0 Å². The van der Waals surface area contributed by atoms with Gasteiger partial charge in [0.05, 0.1) is 6.07 Å². The number of nitrogens with one attached hydrogen (secondary N) is 1. The SMILES string of the molecule is COC(CC(C)(C#N)NC(C)C)OC. The van der Waals surface area contributed by atoms with E-state index in [0.29, 0.717) is 6.42 Å². The van der Waals surface area contributed by atoms with Crippen LogP contribution in [-0.4, -0.2) is 32.1 Å². The van der Waals surface area contributed by atoms with Crippen LogP contribution in [0, 0.1) is 11.3 Å². The molecular weight excluding hydrogens is 180 g/mol. The van der Waals surface area contributed by atoms with Gasteiger partial charge >= 0.3 is 0 Å². The second-order valence-electron chi connectivity index (χ2n) is 3.85. The van der Waals surface area contributed by atoms with Crippen molar-refractivity contribution in [3.8, 4) is 6.07 Å². The molecule has 0 aromatic heterocycles. The monoisotopic (exact) mass is 200 g/mol. The molecule has 4 nitrogen and oxygen atoms in total. The summed E-state index contributed by atoms with van der Waals surface area (Å²) in [6, 6.07) is 2.50. The third kappa shape index (κ3) is 4.56. The van der Waals surface area contributed by atoms with Gasteiger partial charge in [0, 0.05) is 26.7 Å². The third-order valence-electron chi connectivity index (χ3n) is 1.95. The van der Waals surface area contributed by atoms with Crippen LogP contribution in [0.15, 0.2) is 0 Å². The van der Waals surface area contributed by atoms with E-state index in [4.69, 9.17) is 14.7 Å². The second kappa shape index (κ2) is 5.97. The lowest BCUT2D eigenvalue weighted by Gasteiger charge is -2.28. The molecule has 0 saturated carbocycles. The van der Waals surface area contributed by atoms with Gasteiger partial charge in [-0.2, -0.15) is 5.26 Å². The van der Waals surface area contributed by atoms with Crippen molar-refractivity contribution in [2.24, 2.45) is 0 Å². The van der Waals surface area contributed by atoms with Crippen molar-refractivity contribution in [3.05, 3.63) is 0 Å². The Kier molecular flexibility index (Phi) is 5.70. The number of methoxy groups -OCH3 is 2. The van der Waals surface area contributed by atoms with Gasteiger partial charge in [-0.15, -0.1) is 0 Å². The molecule has 0 aromatic rings. The fourth-order valence-electron chi connectivity index (χ4n) is 1.37. The molecule has 1 N–H and O–H groups in total. The van der Waals surface area contributed by atoms with E-state index in [2.05, 4.69) is 11.4 Å². The molecule has 0 rings (SSSR count). The lowest BCUT2D eigenvalue weighted by Crippen LogP contribution is -2.47. The van der Waals surface area contributed by atoms with E-state index >= 15 is 0 Å². The summed E-state index contributed by atoms with van der Waals surface area (Å²) in [5.74, 6) is 0. The van der Waals surface area contributed by atoms with Gasteiger partial charge in [-0.05, 0) is 20.8 Å². The fourth-order valence-corrected chi connectivity index (χ4v) is 1.37. The van der Waals surface area contributed by atoms with Gasteiger partial charge in [-0.1, -0.05) is 0 Å². The highest BCUT2D eigenvalue weighted by Crippen LogP contribution is 2.14. The van der Waals surface area contributed by atoms with Gasteiger partial charge in [0.2, 0.25) is 0 Å². The number of nitriles is 1. The van der Waals surface area contributed by atoms with Crippen molar-refractivity contribution in [1.29, 1.82) is 5.26 Å². The largest absolute Gasteiger partial charge is 0.356 e. The van der Waals surface area contributed by atoms with E-state index in [0.717, 1.165) is 0 Å². The molecule has 0 aliphatic heterocycles. The normalized spacial score (nSPS) is 15.6. The zero-order chi connectivity index (χ0) is 11.2. The Hall–Kier alpha value is -0.630. The van der Waals surface area contributed by atoms with Crippen molar-refractivity contribution in [2.75, 3.05) is 14.2 Å². The van der Waals surface area contributed by atoms with Crippen LogP contribution in [0.3, 0.4) is 0 Å². The van der Waals surface area contributed by atoms with Gasteiger partial charge in [0.1, 0.15) is 5.54 Å². The van der Waals surface area contributed by atoms with Crippen LogP contribution in [0.1, 0.15) is 27.2 Å². The molecule has 0 spiro atoms. The van der Waals surface area contributed by atoms with Crippen LogP contribution in [0.25, 0.3) is 0 Å². The van der Waals surface area contributed by atoms with Crippen molar-refractivity contribution in [1.82, 2.24) is 5.32 Å². The predicted molar refractivity (Wildman–Crippen MR) is 54.7 cm³/mol. The van der Waals surface area contributed by atoms with Crippen LogP contribution in [0.2, 0.25) is 0 Å². The summed E-state index contributed by atoms with van der Waals surface area (Å²) in [5.41, 5.74) is -0.606. The number of nitrogens with zero attached hydrogens (tertiary/aromatic N) is 1. The predicted octanol–water partition coefficient (Wildman–Crippen LogP) is 1.28. The first-order valence-corrected chi connectivity index (χ1v) is 4.72. The first kappa shape index (κ1) is 13.4. The minimum atomic E-state index is -0.606. The van der Waals surface area contributed by atoms with Crippen LogP contribution < -0.4 is 5.32 Å². The number of ether oxygens (including phenoxy) is 2. The smallest absolute Gasteiger partial charge is 0.159 e. The molecule has 0 fully saturated rings. The molecule has 0 bridgehead atoms. The summed E-state index contributed by atoms with van der Waals surface area (Å²) >= 11 is 0. The van der Waals surface area contributed by atoms with E-state index in [1.54, 1.807) is 14.2 Å². The molecule has 0 aliphatic rings. The first-order chi connectivity index (χ1) is 6.47. The van der Waals surface area contributed by atoms with Gasteiger partial charge in [0.15, 0.2) is 6.29 Å². The average Bonchev–Trinajstić information content (AvgIpc) is 2.13. The van der Waals surface area contributed by atoms with E-state index in [9.17, 15) is 0 Å². The molecule has 0 amide bonds. The quantitative estimate of drug-likeness (QED) is 0.656. The summed E-state index contributed by atoms with van der Waals surface area (Å²) in [6.07, 6.45) is 0.167. The van der Waals surface area contributed by atoms with Crippen LogP contribution in [-0.2, 0) is 9.47 Å². The molecule has 0 heterocycles. The van der Waals surface area contributed by atoms with Crippen molar-refractivity contribution in [3.63, 3.8) is 0 Å². The number of hydrogen-bond acceptors (Lipinski definition) is 4. The van der Waals surface area contributed by atoms with Crippen LogP contribution in [0.5, 0.6) is 0 Å². The molecule has 1 atom stereocenters. The summed E-state index contributed by atoms with van der Waals surface area (Å²) < 4.78 is 10.1. The Morgan fingerprint density at radius 2 is 1.86 bits per heavy atom. The number of rotatable bonds is 6. The Balaban J connectivity index is 4.32. The summed E-state index contributed by atoms with van der Waals surface area (Å²) in [6.45, 7) is 5.85. The molecule has 0 aliphatic carbocycles. The van der Waals surface area contributed by atoms with Gasteiger partial charge < -0.3 is 9.47 Å². The average molecular weight is 200 g/mol. The zero-order valence-corrected chi connectivity index (χ0v) is 9.63. The third-order valence-corrected chi connectivity index (χ3v) is 1.95. The van der Waals surface area contributed by atoms with Crippen molar-refractivity contribution in [2.45, 2.75) is 45.1 Å². The summed E-state index contributed by atoms with van der Waals surface area (Å²) in [7, 11) is 3.14. The maximum Gasteiger partial charge on any atom is 0.159 e.